The van der Waals surface area contributed by atoms with E-state index in [1.807, 2.05) is 12.1 Å². The normalized spacial score (nSPS) is 18.1. The van der Waals surface area contributed by atoms with Crippen LogP contribution in [0.15, 0.2) is 18.2 Å². The molecule has 2 rings (SSSR count). The first kappa shape index (κ1) is 9.49. The number of benzene rings is 1. The molecule has 0 aliphatic heterocycles. The topological polar surface area (TPSA) is 66.5 Å². The number of nitrogens with two attached hydrogens (primary N) is 1. The van der Waals surface area contributed by atoms with Crippen molar-refractivity contribution in [3.8, 4) is 5.75 Å². The van der Waals surface area contributed by atoms with Crippen LogP contribution in [0.4, 0.5) is 0 Å². The van der Waals surface area contributed by atoms with E-state index in [1.165, 1.54) is 0 Å². The van der Waals surface area contributed by atoms with E-state index in [2.05, 4.69) is 0 Å². The lowest BCUT2D eigenvalue weighted by molar-refractivity contribution is 0.275. The Kier molecular flexibility index (Phi) is 2.21. The third-order valence-corrected chi connectivity index (χ3v) is 3.11. The van der Waals surface area contributed by atoms with Crippen molar-refractivity contribution >= 4 is 0 Å². The molecule has 0 amide bonds. The molecule has 0 saturated heterocycles. The van der Waals surface area contributed by atoms with Gasteiger partial charge in [0.1, 0.15) is 5.75 Å². The zero-order valence-corrected chi connectivity index (χ0v) is 8.03. The summed E-state index contributed by atoms with van der Waals surface area (Å²) in [6.45, 7) is 0.440. The summed E-state index contributed by atoms with van der Waals surface area (Å²) >= 11 is 0. The molecule has 1 saturated carbocycles. The molecule has 1 fully saturated rings. The minimum absolute atomic E-state index is 0.0186. The van der Waals surface area contributed by atoms with Crippen molar-refractivity contribution in [2.24, 2.45) is 5.73 Å². The van der Waals surface area contributed by atoms with Gasteiger partial charge in [-0.25, -0.2) is 0 Å². The fraction of sp³-hybridized carbons (Fsp3) is 0.455. The second-order valence-corrected chi connectivity index (χ2v) is 3.96. The Balaban J connectivity index is 2.43. The molecule has 0 unspecified atom stereocenters. The monoisotopic (exact) mass is 193 g/mol. The summed E-state index contributed by atoms with van der Waals surface area (Å²) in [5, 5.41) is 18.9. The molecule has 4 N–H and O–H groups in total. The second kappa shape index (κ2) is 3.26. The van der Waals surface area contributed by atoms with Crippen molar-refractivity contribution in [3.05, 3.63) is 29.3 Å². The lowest BCUT2D eigenvalue weighted by Gasteiger charge is -2.16. The molecule has 3 nitrogen and oxygen atoms in total. The number of rotatable bonds is 3. The standard InChI is InChI=1S/C11H15NO2/c12-7-11(4-5-11)9-3-1-2-8(6-13)10(9)14/h1-3,13-14H,4-7,12H2. The molecular weight excluding hydrogens is 178 g/mol. The van der Waals surface area contributed by atoms with Crippen LogP contribution in [0.1, 0.15) is 24.0 Å². The number of aliphatic hydroxyl groups is 1. The summed E-state index contributed by atoms with van der Waals surface area (Å²) in [5.41, 5.74) is 7.15. The minimum atomic E-state index is -0.125. The lowest BCUT2D eigenvalue weighted by Crippen LogP contribution is -2.20. The Hall–Kier alpha value is -1.06. The van der Waals surface area contributed by atoms with Crippen molar-refractivity contribution in [2.45, 2.75) is 24.9 Å². The largest absolute Gasteiger partial charge is 0.507 e. The predicted molar refractivity (Wildman–Crippen MR) is 54.0 cm³/mol. The SMILES string of the molecule is NCC1(c2cccc(CO)c2O)CC1. The maximum atomic E-state index is 9.88. The van der Waals surface area contributed by atoms with E-state index >= 15 is 0 Å². The summed E-state index contributed by atoms with van der Waals surface area (Å²) in [7, 11) is 0. The molecule has 0 aromatic heterocycles. The van der Waals surface area contributed by atoms with Crippen molar-refractivity contribution in [3.63, 3.8) is 0 Å². The van der Waals surface area contributed by atoms with Gasteiger partial charge in [0, 0.05) is 23.1 Å². The average Bonchev–Trinajstić information content (AvgIpc) is 2.99. The highest BCUT2D eigenvalue weighted by Crippen LogP contribution is 2.50. The number of phenols is 1. The van der Waals surface area contributed by atoms with E-state index in [-0.39, 0.29) is 17.8 Å². The first-order valence-electron chi connectivity index (χ1n) is 4.86. The van der Waals surface area contributed by atoms with Crippen LogP contribution in [0.2, 0.25) is 0 Å². The highest BCUT2D eigenvalue weighted by atomic mass is 16.3. The van der Waals surface area contributed by atoms with Crippen LogP contribution in [0.5, 0.6) is 5.75 Å². The van der Waals surface area contributed by atoms with Gasteiger partial charge in [-0.2, -0.15) is 0 Å². The van der Waals surface area contributed by atoms with Gasteiger partial charge < -0.3 is 15.9 Å². The predicted octanol–water partition coefficient (Wildman–Crippen LogP) is 0.875. The number of para-hydroxylation sites is 1. The molecule has 3 heteroatoms. The lowest BCUT2D eigenvalue weighted by atomic mass is 9.93. The fourth-order valence-corrected chi connectivity index (χ4v) is 1.88. The Morgan fingerprint density at radius 3 is 2.57 bits per heavy atom. The molecule has 14 heavy (non-hydrogen) atoms. The molecule has 1 aromatic rings. The molecule has 0 bridgehead atoms. The summed E-state index contributed by atoms with van der Waals surface area (Å²) < 4.78 is 0. The smallest absolute Gasteiger partial charge is 0.124 e. The van der Waals surface area contributed by atoms with Crippen LogP contribution in [0.25, 0.3) is 0 Å². The maximum absolute atomic E-state index is 9.88. The van der Waals surface area contributed by atoms with Crippen LogP contribution in [0, 0.1) is 0 Å². The number of hydrogen-bond donors (Lipinski definition) is 3. The van der Waals surface area contributed by atoms with Gasteiger partial charge in [0.25, 0.3) is 0 Å². The van der Waals surface area contributed by atoms with Gasteiger partial charge in [-0.1, -0.05) is 18.2 Å². The van der Waals surface area contributed by atoms with Gasteiger partial charge in [0.05, 0.1) is 6.61 Å². The zero-order valence-electron chi connectivity index (χ0n) is 8.03. The van der Waals surface area contributed by atoms with E-state index in [4.69, 9.17) is 10.8 Å². The molecule has 0 heterocycles. The molecule has 0 atom stereocenters. The van der Waals surface area contributed by atoms with Crippen molar-refractivity contribution < 1.29 is 10.2 Å². The molecule has 1 aliphatic carbocycles. The van der Waals surface area contributed by atoms with E-state index in [1.54, 1.807) is 6.07 Å². The summed E-state index contributed by atoms with van der Waals surface area (Å²) in [6.07, 6.45) is 2.07. The molecule has 0 radical (unpaired) electrons. The van der Waals surface area contributed by atoms with Crippen molar-refractivity contribution in [1.29, 1.82) is 0 Å². The second-order valence-electron chi connectivity index (χ2n) is 3.96. The molecular formula is C11H15NO2. The number of aromatic hydroxyl groups is 1. The Morgan fingerprint density at radius 2 is 2.07 bits per heavy atom. The number of aliphatic hydroxyl groups excluding tert-OH is 1. The maximum Gasteiger partial charge on any atom is 0.124 e. The third-order valence-electron chi connectivity index (χ3n) is 3.11. The summed E-state index contributed by atoms with van der Waals surface area (Å²) in [6, 6.07) is 5.48. The Labute approximate surface area is 83.2 Å². The summed E-state index contributed by atoms with van der Waals surface area (Å²) in [5.74, 6) is 0.220. The van der Waals surface area contributed by atoms with Gasteiger partial charge in [0.2, 0.25) is 0 Å². The van der Waals surface area contributed by atoms with Gasteiger partial charge in [0.15, 0.2) is 0 Å². The van der Waals surface area contributed by atoms with E-state index in [9.17, 15) is 5.11 Å². The van der Waals surface area contributed by atoms with Gasteiger partial charge in [-0.3, -0.25) is 0 Å². The molecule has 0 spiro atoms. The van der Waals surface area contributed by atoms with Crippen LogP contribution in [-0.2, 0) is 12.0 Å². The highest BCUT2D eigenvalue weighted by Gasteiger charge is 2.44. The van der Waals surface area contributed by atoms with Crippen LogP contribution in [0.3, 0.4) is 0 Å². The van der Waals surface area contributed by atoms with Gasteiger partial charge >= 0.3 is 0 Å². The minimum Gasteiger partial charge on any atom is -0.507 e. The highest BCUT2D eigenvalue weighted by molar-refractivity contribution is 5.47. The Morgan fingerprint density at radius 1 is 1.36 bits per heavy atom. The third kappa shape index (κ3) is 1.29. The molecule has 76 valence electrons. The van der Waals surface area contributed by atoms with Crippen LogP contribution < -0.4 is 5.73 Å². The van der Waals surface area contributed by atoms with E-state index in [0.29, 0.717) is 12.1 Å². The van der Waals surface area contributed by atoms with Crippen molar-refractivity contribution in [2.75, 3.05) is 6.54 Å². The summed E-state index contributed by atoms with van der Waals surface area (Å²) in [4.78, 5) is 0. The molecule has 1 aliphatic rings. The van der Waals surface area contributed by atoms with Gasteiger partial charge in [-0.15, -0.1) is 0 Å². The first-order valence-corrected chi connectivity index (χ1v) is 4.86. The van der Waals surface area contributed by atoms with Gasteiger partial charge in [-0.05, 0) is 12.8 Å². The van der Waals surface area contributed by atoms with Crippen LogP contribution >= 0.6 is 0 Å². The van der Waals surface area contributed by atoms with Crippen molar-refractivity contribution in [1.82, 2.24) is 0 Å². The molecule has 1 aromatic carbocycles. The van der Waals surface area contributed by atoms with Crippen LogP contribution in [-0.4, -0.2) is 16.8 Å². The number of hydrogen-bond acceptors (Lipinski definition) is 3. The first-order chi connectivity index (χ1) is 6.73. The Bertz CT molecular complexity index is 345. The van der Waals surface area contributed by atoms with E-state index < -0.39 is 0 Å². The van der Waals surface area contributed by atoms with E-state index in [0.717, 1.165) is 18.4 Å². The zero-order chi connectivity index (χ0) is 10.2. The fourth-order valence-electron chi connectivity index (χ4n) is 1.88. The quantitative estimate of drug-likeness (QED) is 0.667. The average molecular weight is 193 g/mol.